The summed E-state index contributed by atoms with van der Waals surface area (Å²) in [6.07, 6.45) is 2.19. The molecule has 0 fully saturated rings. The van der Waals surface area contributed by atoms with Gasteiger partial charge in [-0.25, -0.2) is 4.79 Å². The van der Waals surface area contributed by atoms with Gasteiger partial charge in [0, 0.05) is 18.8 Å². The van der Waals surface area contributed by atoms with E-state index in [9.17, 15) is 9.90 Å². The second-order valence-corrected chi connectivity index (χ2v) is 6.46. The highest BCUT2D eigenvalue weighted by molar-refractivity contribution is 5.74. The number of rotatable bonds is 6. The van der Waals surface area contributed by atoms with Gasteiger partial charge in [0.2, 0.25) is 0 Å². The van der Waals surface area contributed by atoms with Crippen LogP contribution in [0.2, 0.25) is 0 Å². The molecule has 0 saturated carbocycles. The van der Waals surface area contributed by atoms with Crippen LogP contribution < -0.4 is 10.6 Å². The topological polar surface area (TPSA) is 92.3 Å². The minimum absolute atomic E-state index is 0.0554. The fraction of sp³-hybridized carbons (Fsp3) is 0.529. The summed E-state index contributed by atoms with van der Waals surface area (Å²) in [6, 6.07) is 2.99. The first kappa shape index (κ1) is 18.1. The van der Waals surface area contributed by atoms with Crippen molar-refractivity contribution in [1.29, 1.82) is 0 Å². The van der Waals surface area contributed by atoms with E-state index in [-0.39, 0.29) is 18.6 Å². The third kappa shape index (κ3) is 4.17. The summed E-state index contributed by atoms with van der Waals surface area (Å²) in [5.41, 5.74) is 1.97. The Morgan fingerprint density at radius 1 is 1.50 bits per heavy atom. The van der Waals surface area contributed by atoms with Gasteiger partial charge >= 0.3 is 6.03 Å². The monoisotopic (exact) mass is 334 g/mol. The Labute approximate surface area is 142 Å². The highest BCUT2D eigenvalue weighted by Gasteiger charge is 2.27. The van der Waals surface area contributed by atoms with Crippen molar-refractivity contribution in [2.45, 2.75) is 45.8 Å². The number of aromatic nitrogens is 2. The highest BCUT2D eigenvalue weighted by atomic mass is 16.4. The molecule has 7 heteroatoms. The molecule has 2 unspecified atom stereocenters. The average Bonchev–Trinajstić information content (AvgIpc) is 3.11. The number of carbonyl (C=O) groups is 1. The van der Waals surface area contributed by atoms with Crippen molar-refractivity contribution in [3.05, 3.63) is 41.1 Å². The molecule has 3 N–H and O–H groups in total. The second-order valence-electron chi connectivity index (χ2n) is 6.46. The Morgan fingerprint density at radius 3 is 2.75 bits per heavy atom. The summed E-state index contributed by atoms with van der Waals surface area (Å²) in [5.74, 6) is 0.414. The molecular formula is C17H26N4O3. The molecule has 0 aromatic carbocycles. The highest BCUT2D eigenvalue weighted by Crippen LogP contribution is 2.19. The molecule has 2 amide bonds. The van der Waals surface area contributed by atoms with Gasteiger partial charge in [0.05, 0.1) is 18.5 Å². The van der Waals surface area contributed by atoms with Crippen molar-refractivity contribution in [2.24, 2.45) is 7.05 Å². The number of aryl methyl sites for hydroxylation is 2. The second kappa shape index (κ2) is 7.09. The van der Waals surface area contributed by atoms with Crippen molar-refractivity contribution in [1.82, 2.24) is 20.4 Å². The van der Waals surface area contributed by atoms with E-state index in [1.54, 1.807) is 19.1 Å². The van der Waals surface area contributed by atoms with E-state index in [0.717, 1.165) is 17.0 Å². The summed E-state index contributed by atoms with van der Waals surface area (Å²) >= 11 is 0. The molecule has 2 aromatic rings. The maximum Gasteiger partial charge on any atom is 0.315 e. The number of nitrogens with one attached hydrogen (secondary N) is 2. The summed E-state index contributed by atoms with van der Waals surface area (Å²) < 4.78 is 7.03. The lowest BCUT2D eigenvalue weighted by Crippen LogP contribution is -2.46. The van der Waals surface area contributed by atoms with Crippen molar-refractivity contribution in [2.75, 3.05) is 6.54 Å². The van der Waals surface area contributed by atoms with Crippen LogP contribution in [0.3, 0.4) is 0 Å². The fourth-order valence-corrected chi connectivity index (χ4v) is 2.67. The number of hydrogen-bond donors (Lipinski definition) is 3. The Bertz CT molecular complexity index is 689. The smallest absolute Gasteiger partial charge is 0.315 e. The molecule has 0 aliphatic carbocycles. The number of urea groups is 1. The molecule has 2 atom stereocenters. The maximum absolute atomic E-state index is 12.1. The Balaban J connectivity index is 1.86. The van der Waals surface area contributed by atoms with Gasteiger partial charge in [-0.1, -0.05) is 0 Å². The van der Waals surface area contributed by atoms with Crippen LogP contribution in [0.15, 0.2) is 22.8 Å². The van der Waals surface area contributed by atoms with Gasteiger partial charge < -0.3 is 20.2 Å². The van der Waals surface area contributed by atoms with Gasteiger partial charge in [-0.15, -0.1) is 0 Å². The van der Waals surface area contributed by atoms with Crippen LogP contribution in [0.5, 0.6) is 0 Å². The number of amides is 2. The first-order chi connectivity index (χ1) is 11.2. The number of furan rings is 1. The standard InChI is InChI=1S/C17H26N4O3/c1-11(9-14-12(2)20-21(5)13(14)3)19-16(22)18-10-17(4,23)15-7-6-8-24-15/h6-8,11,23H,9-10H2,1-5H3,(H2,18,19,22). The van der Waals surface area contributed by atoms with Crippen LogP contribution in [0.25, 0.3) is 0 Å². The number of aliphatic hydroxyl groups is 1. The lowest BCUT2D eigenvalue weighted by Gasteiger charge is -2.22. The zero-order valence-corrected chi connectivity index (χ0v) is 14.9. The Hall–Kier alpha value is -2.28. The first-order valence-electron chi connectivity index (χ1n) is 8.00. The molecule has 0 aliphatic heterocycles. The number of hydrogen-bond acceptors (Lipinski definition) is 4. The first-order valence-corrected chi connectivity index (χ1v) is 8.00. The van der Waals surface area contributed by atoms with E-state index in [2.05, 4.69) is 15.7 Å². The molecule has 2 aromatic heterocycles. The maximum atomic E-state index is 12.1. The van der Waals surface area contributed by atoms with E-state index < -0.39 is 5.60 Å². The number of nitrogens with zero attached hydrogens (tertiary/aromatic N) is 2. The molecule has 0 saturated heterocycles. The van der Waals surface area contributed by atoms with E-state index in [1.807, 2.05) is 32.5 Å². The molecule has 7 nitrogen and oxygen atoms in total. The van der Waals surface area contributed by atoms with Crippen molar-refractivity contribution in [3.8, 4) is 0 Å². The third-order valence-corrected chi connectivity index (χ3v) is 4.19. The zero-order chi connectivity index (χ0) is 17.9. The predicted molar refractivity (Wildman–Crippen MR) is 90.7 cm³/mol. The van der Waals surface area contributed by atoms with E-state index in [4.69, 9.17) is 4.42 Å². The molecular weight excluding hydrogens is 308 g/mol. The van der Waals surface area contributed by atoms with Gasteiger partial charge in [0.25, 0.3) is 0 Å². The molecule has 24 heavy (non-hydrogen) atoms. The lowest BCUT2D eigenvalue weighted by molar-refractivity contribution is 0.0366. The Morgan fingerprint density at radius 2 is 2.21 bits per heavy atom. The van der Waals surface area contributed by atoms with Crippen molar-refractivity contribution >= 4 is 6.03 Å². The minimum atomic E-state index is -1.25. The molecule has 132 valence electrons. The zero-order valence-electron chi connectivity index (χ0n) is 14.9. The van der Waals surface area contributed by atoms with Gasteiger partial charge in [0.1, 0.15) is 11.4 Å². The molecule has 0 radical (unpaired) electrons. The third-order valence-electron chi connectivity index (χ3n) is 4.19. The van der Waals surface area contributed by atoms with Gasteiger partial charge in [-0.3, -0.25) is 4.68 Å². The van der Waals surface area contributed by atoms with E-state index in [1.165, 1.54) is 6.26 Å². The molecule has 2 rings (SSSR count). The van der Waals surface area contributed by atoms with Crippen LogP contribution in [-0.2, 0) is 19.1 Å². The van der Waals surface area contributed by atoms with Crippen LogP contribution in [0.4, 0.5) is 4.79 Å². The minimum Gasteiger partial charge on any atom is -0.466 e. The SMILES string of the molecule is Cc1nn(C)c(C)c1CC(C)NC(=O)NCC(C)(O)c1ccco1. The molecule has 0 aliphatic rings. The van der Waals surface area contributed by atoms with Crippen LogP contribution >= 0.6 is 0 Å². The average molecular weight is 334 g/mol. The Kier molecular flexibility index (Phi) is 5.33. The van der Waals surface area contributed by atoms with Crippen LogP contribution in [0, 0.1) is 13.8 Å². The van der Waals surface area contributed by atoms with Crippen molar-refractivity contribution < 1.29 is 14.3 Å². The van der Waals surface area contributed by atoms with Crippen molar-refractivity contribution in [3.63, 3.8) is 0 Å². The fourth-order valence-electron chi connectivity index (χ4n) is 2.67. The largest absolute Gasteiger partial charge is 0.466 e. The summed E-state index contributed by atoms with van der Waals surface area (Å²) in [7, 11) is 1.91. The van der Waals surface area contributed by atoms with Crippen LogP contribution in [0.1, 0.15) is 36.6 Å². The van der Waals surface area contributed by atoms with Gasteiger partial charge in [-0.2, -0.15) is 5.10 Å². The summed E-state index contributed by atoms with van der Waals surface area (Å²) in [6.45, 7) is 7.58. The normalized spacial score (nSPS) is 14.9. The predicted octanol–water partition coefficient (Wildman–Crippen LogP) is 1.77. The van der Waals surface area contributed by atoms with Gasteiger partial charge in [-0.05, 0) is 51.8 Å². The molecule has 2 heterocycles. The number of carbonyl (C=O) groups excluding carboxylic acids is 1. The molecule has 0 bridgehead atoms. The quantitative estimate of drug-likeness (QED) is 0.751. The molecule has 0 spiro atoms. The van der Waals surface area contributed by atoms with E-state index >= 15 is 0 Å². The summed E-state index contributed by atoms with van der Waals surface area (Å²) in [5, 5.41) is 20.3. The summed E-state index contributed by atoms with van der Waals surface area (Å²) in [4.78, 5) is 12.1. The van der Waals surface area contributed by atoms with Gasteiger partial charge in [0.15, 0.2) is 0 Å². The van der Waals surface area contributed by atoms with Crippen LogP contribution in [-0.4, -0.2) is 33.5 Å². The lowest BCUT2D eigenvalue weighted by atomic mass is 10.0. The van der Waals surface area contributed by atoms with E-state index in [0.29, 0.717) is 12.2 Å².